The van der Waals surface area contributed by atoms with Gasteiger partial charge in [0.05, 0.1) is 19.8 Å². The van der Waals surface area contributed by atoms with Crippen LogP contribution in [0.4, 0.5) is 0 Å². The van der Waals surface area contributed by atoms with Crippen molar-refractivity contribution >= 4 is 5.78 Å². The third kappa shape index (κ3) is 3.75. The molecule has 2 rings (SSSR count). The zero-order valence-corrected chi connectivity index (χ0v) is 12.5. The molecule has 0 heterocycles. The first-order valence-electron chi connectivity index (χ1n) is 7.50. The van der Waals surface area contributed by atoms with E-state index in [4.69, 9.17) is 9.47 Å². The fourth-order valence-electron chi connectivity index (χ4n) is 2.97. The van der Waals surface area contributed by atoms with Crippen LogP contribution in [-0.2, 0) is 0 Å². The van der Waals surface area contributed by atoms with Gasteiger partial charge >= 0.3 is 0 Å². The van der Waals surface area contributed by atoms with Crippen LogP contribution < -0.4 is 9.47 Å². The topological polar surface area (TPSA) is 35.5 Å². The van der Waals surface area contributed by atoms with E-state index in [1.807, 2.05) is 12.1 Å². The van der Waals surface area contributed by atoms with E-state index in [1.165, 1.54) is 38.5 Å². The average molecular weight is 276 g/mol. The Kier molecular flexibility index (Phi) is 5.45. The second-order valence-electron chi connectivity index (χ2n) is 5.55. The maximum Gasteiger partial charge on any atom is 0.166 e. The smallest absolute Gasteiger partial charge is 0.166 e. The van der Waals surface area contributed by atoms with Crippen molar-refractivity contribution < 1.29 is 14.3 Å². The summed E-state index contributed by atoms with van der Waals surface area (Å²) in [6, 6.07) is 5.42. The summed E-state index contributed by atoms with van der Waals surface area (Å²) in [6.45, 7) is 0. The summed E-state index contributed by atoms with van der Waals surface area (Å²) in [7, 11) is 3.21. The summed E-state index contributed by atoms with van der Waals surface area (Å²) in [5.74, 6) is 2.06. The molecule has 1 aliphatic carbocycles. The van der Waals surface area contributed by atoms with Crippen LogP contribution in [-0.4, -0.2) is 20.0 Å². The van der Waals surface area contributed by atoms with Gasteiger partial charge in [0.15, 0.2) is 5.78 Å². The van der Waals surface area contributed by atoms with E-state index in [0.717, 1.165) is 0 Å². The second-order valence-corrected chi connectivity index (χ2v) is 5.55. The van der Waals surface area contributed by atoms with Crippen LogP contribution in [0.5, 0.6) is 11.5 Å². The lowest BCUT2D eigenvalue weighted by molar-refractivity contribution is 0.0954. The van der Waals surface area contributed by atoms with Gasteiger partial charge in [0.2, 0.25) is 0 Å². The molecule has 0 bridgehead atoms. The summed E-state index contributed by atoms with van der Waals surface area (Å²) >= 11 is 0. The maximum absolute atomic E-state index is 12.5. The minimum Gasteiger partial charge on any atom is -0.497 e. The molecule has 0 amide bonds. The molecule has 0 unspecified atom stereocenters. The third-order valence-electron chi connectivity index (χ3n) is 4.16. The lowest BCUT2D eigenvalue weighted by Gasteiger charge is -2.14. The normalized spacial score (nSPS) is 16.5. The highest BCUT2D eigenvalue weighted by Gasteiger charge is 2.19. The average Bonchev–Trinajstić information content (AvgIpc) is 2.75. The maximum atomic E-state index is 12.5. The van der Waals surface area contributed by atoms with E-state index in [-0.39, 0.29) is 5.78 Å². The molecule has 1 aromatic rings. The number of hydrogen-bond acceptors (Lipinski definition) is 3. The molecule has 3 nitrogen and oxygen atoms in total. The van der Waals surface area contributed by atoms with Crippen molar-refractivity contribution in [3.8, 4) is 11.5 Å². The third-order valence-corrected chi connectivity index (χ3v) is 4.16. The number of hydrogen-bond donors (Lipinski definition) is 0. The lowest BCUT2D eigenvalue weighted by atomic mass is 9.92. The number of carbonyl (C=O) groups is 1. The molecular weight excluding hydrogens is 252 g/mol. The standard InChI is InChI=1S/C17H24O3/c1-19-14-9-10-15(17(12-14)20-2)16(18)11-13-7-5-3-4-6-8-13/h9-10,12-13H,3-8,11H2,1-2H3. The Bertz CT molecular complexity index is 446. The minimum atomic E-state index is 0.191. The quantitative estimate of drug-likeness (QED) is 0.596. The number of ether oxygens (including phenoxy) is 2. The molecule has 1 fully saturated rings. The van der Waals surface area contributed by atoms with Crippen molar-refractivity contribution in [3.05, 3.63) is 23.8 Å². The Hall–Kier alpha value is -1.51. The summed E-state index contributed by atoms with van der Waals surface area (Å²) < 4.78 is 10.5. The minimum absolute atomic E-state index is 0.191. The van der Waals surface area contributed by atoms with Crippen LogP contribution in [0.15, 0.2) is 18.2 Å². The summed E-state index contributed by atoms with van der Waals surface area (Å²) in [6.07, 6.45) is 8.17. The lowest BCUT2D eigenvalue weighted by Crippen LogP contribution is -2.09. The zero-order valence-electron chi connectivity index (χ0n) is 12.5. The summed E-state index contributed by atoms with van der Waals surface area (Å²) in [5, 5.41) is 0. The predicted molar refractivity (Wildman–Crippen MR) is 79.7 cm³/mol. The monoisotopic (exact) mass is 276 g/mol. The molecule has 0 radical (unpaired) electrons. The number of Topliss-reactive ketones (excluding diaryl/α,β-unsaturated/α-hetero) is 1. The first-order valence-corrected chi connectivity index (χ1v) is 7.50. The van der Waals surface area contributed by atoms with Gasteiger partial charge in [-0.05, 0) is 18.1 Å². The number of ketones is 1. The number of methoxy groups -OCH3 is 2. The van der Waals surface area contributed by atoms with E-state index in [2.05, 4.69) is 0 Å². The Balaban J connectivity index is 2.07. The second kappa shape index (κ2) is 7.32. The van der Waals surface area contributed by atoms with Crippen molar-refractivity contribution in [2.24, 2.45) is 5.92 Å². The molecule has 0 aromatic heterocycles. The van der Waals surface area contributed by atoms with Crippen LogP contribution in [0.25, 0.3) is 0 Å². The highest BCUT2D eigenvalue weighted by molar-refractivity contribution is 5.99. The zero-order chi connectivity index (χ0) is 14.4. The first kappa shape index (κ1) is 14.9. The van der Waals surface area contributed by atoms with Gasteiger partial charge in [0.1, 0.15) is 11.5 Å². The highest BCUT2D eigenvalue weighted by Crippen LogP contribution is 2.30. The molecule has 1 aromatic carbocycles. The molecule has 3 heteroatoms. The van der Waals surface area contributed by atoms with Gasteiger partial charge in [-0.2, -0.15) is 0 Å². The summed E-state index contributed by atoms with van der Waals surface area (Å²) in [4.78, 5) is 12.5. The Morgan fingerprint density at radius 3 is 2.40 bits per heavy atom. The predicted octanol–water partition coefficient (Wildman–Crippen LogP) is 4.25. The van der Waals surface area contributed by atoms with Gasteiger partial charge in [0.25, 0.3) is 0 Å². The van der Waals surface area contributed by atoms with Gasteiger partial charge < -0.3 is 9.47 Å². The van der Waals surface area contributed by atoms with Crippen molar-refractivity contribution in [2.75, 3.05) is 14.2 Å². The van der Waals surface area contributed by atoms with Crippen LogP contribution >= 0.6 is 0 Å². The first-order chi connectivity index (χ1) is 9.74. The van der Waals surface area contributed by atoms with Crippen molar-refractivity contribution in [1.82, 2.24) is 0 Å². The Morgan fingerprint density at radius 2 is 1.80 bits per heavy atom. The molecule has 20 heavy (non-hydrogen) atoms. The van der Waals surface area contributed by atoms with Crippen LogP contribution in [0.1, 0.15) is 55.3 Å². The fraction of sp³-hybridized carbons (Fsp3) is 0.588. The van der Waals surface area contributed by atoms with E-state index in [9.17, 15) is 4.79 Å². The molecule has 0 atom stereocenters. The molecule has 0 aliphatic heterocycles. The van der Waals surface area contributed by atoms with Gasteiger partial charge in [0, 0.05) is 12.5 Å². The van der Waals surface area contributed by atoms with Gasteiger partial charge in [-0.15, -0.1) is 0 Å². The molecule has 0 saturated heterocycles. The molecule has 1 saturated carbocycles. The van der Waals surface area contributed by atoms with Crippen molar-refractivity contribution in [3.63, 3.8) is 0 Å². The van der Waals surface area contributed by atoms with E-state index < -0.39 is 0 Å². The van der Waals surface area contributed by atoms with Crippen molar-refractivity contribution in [1.29, 1.82) is 0 Å². The Morgan fingerprint density at radius 1 is 1.10 bits per heavy atom. The van der Waals surface area contributed by atoms with Gasteiger partial charge in [-0.3, -0.25) is 4.79 Å². The summed E-state index contributed by atoms with van der Waals surface area (Å²) in [5.41, 5.74) is 0.678. The number of carbonyl (C=O) groups excluding carboxylic acids is 1. The molecule has 0 N–H and O–H groups in total. The van der Waals surface area contributed by atoms with E-state index in [1.54, 1.807) is 20.3 Å². The molecule has 1 aliphatic rings. The van der Waals surface area contributed by atoms with Gasteiger partial charge in [-0.25, -0.2) is 0 Å². The van der Waals surface area contributed by atoms with E-state index in [0.29, 0.717) is 29.4 Å². The number of benzene rings is 1. The molecule has 110 valence electrons. The van der Waals surface area contributed by atoms with Gasteiger partial charge in [-0.1, -0.05) is 38.5 Å². The van der Waals surface area contributed by atoms with Crippen LogP contribution in [0.3, 0.4) is 0 Å². The fourth-order valence-corrected chi connectivity index (χ4v) is 2.97. The van der Waals surface area contributed by atoms with Crippen LogP contribution in [0.2, 0.25) is 0 Å². The van der Waals surface area contributed by atoms with Crippen LogP contribution in [0, 0.1) is 5.92 Å². The number of rotatable bonds is 5. The molecule has 0 spiro atoms. The molecular formula is C17H24O3. The highest BCUT2D eigenvalue weighted by atomic mass is 16.5. The SMILES string of the molecule is COc1ccc(C(=O)CC2CCCCCC2)c(OC)c1. The largest absolute Gasteiger partial charge is 0.497 e. The van der Waals surface area contributed by atoms with E-state index >= 15 is 0 Å². The Labute approximate surface area is 121 Å². The van der Waals surface area contributed by atoms with Crippen molar-refractivity contribution in [2.45, 2.75) is 44.9 Å².